The van der Waals surface area contributed by atoms with Crippen molar-refractivity contribution in [2.45, 2.75) is 178 Å². The van der Waals surface area contributed by atoms with Crippen molar-refractivity contribution in [2.75, 3.05) is 59.0 Å². The van der Waals surface area contributed by atoms with Gasteiger partial charge in [-0.2, -0.15) is 0 Å². The first-order chi connectivity index (χ1) is 44.4. The summed E-state index contributed by atoms with van der Waals surface area (Å²) < 4.78 is 0. The lowest BCUT2D eigenvalue weighted by Gasteiger charge is -2.26. The Labute approximate surface area is 547 Å². The number of nitrogens with two attached hydrogens (primary N) is 8. The third-order valence-electron chi connectivity index (χ3n) is 14.0. The van der Waals surface area contributed by atoms with Gasteiger partial charge in [-0.1, -0.05) is 44.2 Å². The van der Waals surface area contributed by atoms with Gasteiger partial charge < -0.3 is 120 Å². The Morgan fingerprint density at radius 1 is 0.468 bits per heavy atom. The van der Waals surface area contributed by atoms with Crippen LogP contribution < -0.4 is 110 Å². The number of guanidine groups is 2. The van der Waals surface area contributed by atoms with Crippen LogP contribution in [0.25, 0.3) is 0 Å². The Morgan fingerprint density at radius 2 is 0.904 bits per heavy atom. The van der Waals surface area contributed by atoms with Crippen LogP contribution >= 0.6 is 0 Å². The summed E-state index contributed by atoms with van der Waals surface area (Å²) in [5.41, 5.74) is 45.3. The summed E-state index contributed by atoms with van der Waals surface area (Å²) in [7, 11) is 0. The number of hydrogen-bond donors (Lipinski definition) is 22. The molecule has 94 heavy (non-hydrogen) atoms. The molecule has 30 N–H and O–H groups in total. The van der Waals surface area contributed by atoms with Gasteiger partial charge in [0.25, 0.3) is 0 Å². The molecule has 0 aliphatic heterocycles. The molecule has 1 aromatic carbocycles. The fourth-order valence-electron chi connectivity index (χ4n) is 8.97. The molecule has 36 heteroatoms. The lowest BCUT2D eigenvalue weighted by Crippen LogP contribution is -2.60. The van der Waals surface area contributed by atoms with Gasteiger partial charge >= 0.3 is 0 Å². The number of nitrogens with one attached hydrogen (secondary N) is 12. The first kappa shape index (κ1) is 83.2. The van der Waals surface area contributed by atoms with Crippen LogP contribution in [0.15, 0.2) is 40.3 Å². The zero-order valence-corrected chi connectivity index (χ0v) is 54.5. The molecule has 36 nitrogen and oxygen atoms in total. The van der Waals surface area contributed by atoms with Gasteiger partial charge in [-0.3, -0.25) is 67.5 Å². The molecule has 0 spiro atoms. The molecule has 0 saturated heterocycles. The van der Waals surface area contributed by atoms with Gasteiger partial charge in [-0.15, -0.1) is 0 Å². The van der Waals surface area contributed by atoms with Crippen molar-refractivity contribution in [3.05, 3.63) is 35.9 Å². The van der Waals surface area contributed by atoms with E-state index in [2.05, 4.69) is 73.8 Å². The number of carbonyl (C=O) groups excluding carboxylic acids is 12. The zero-order valence-electron chi connectivity index (χ0n) is 54.5. The van der Waals surface area contributed by atoms with E-state index in [1.54, 1.807) is 30.3 Å². The highest BCUT2D eigenvalue weighted by Crippen LogP contribution is 2.10. The van der Waals surface area contributed by atoms with Crippen LogP contribution in [0.4, 0.5) is 0 Å². The van der Waals surface area contributed by atoms with Crippen molar-refractivity contribution in [1.29, 1.82) is 0 Å². The highest BCUT2D eigenvalue weighted by atomic mass is 16.3. The predicted molar refractivity (Wildman–Crippen MR) is 349 cm³/mol. The number of aliphatic hydroxyl groups is 2. The molecule has 0 saturated carbocycles. The van der Waals surface area contributed by atoms with Gasteiger partial charge in [0.05, 0.1) is 32.3 Å². The number of aliphatic imine (C=N–C) groups is 2. The molecule has 0 bridgehead atoms. The molecule has 0 heterocycles. The number of primary amides is 1. The van der Waals surface area contributed by atoms with E-state index in [4.69, 9.17) is 45.9 Å². The van der Waals surface area contributed by atoms with Crippen molar-refractivity contribution in [2.24, 2.45) is 61.8 Å². The van der Waals surface area contributed by atoms with Gasteiger partial charge in [-0.25, -0.2) is 0 Å². The molecule has 12 amide bonds. The summed E-state index contributed by atoms with van der Waals surface area (Å²) in [5, 5.41) is 50.8. The maximum atomic E-state index is 14.1. The first-order valence-corrected chi connectivity index (χ1v) is 31.3. The van der Waals surface area contributed by atoms with Gasteiger partial charge in [0.1, 0.15) is 54.4 Å². The monoisotopic (exact) mass is 1330 g/mol. The fraction of sp³-hybridized carbons (Fsp3) is 0.655. The van der Waals surface area contributed by atoms with Crippen molar-refractivity contribution in [3.8, 4) is 0 Å². The maximum absolute atomic E-state index is 14.1. The molecule has 11 atom stereocenters. The van der Waals surface area contributed by atoms with Crippen molar-refractivity contribution in [1.82, 2.24) is 63.8 Å². The van der Waals surface area contributed by atoms with E-state index in [0.717, 1.165) is 6.42 Å². The summed E-state index contributed by atoms with van der Waals surface area (Å²) in [4.78, 5) is 168. The number of aliphatic hydroxyl groups excluding tert-OH is 2. The molecule has 0 aliphatic rings. The average molecular weight is 1330 g/mol. The maximum Gasteiger partial charge on any atom is 0.245 e. The van der Waals surface area contributed by atoms with E-state index in [1.807, 2.05) is 13.8 Å². The SMILES string of the molecule is CC(C)C[C@H](N)CNCC(=O)NCC(=O)N[C@@H](Cc1ccccc1)C(=O)N[C@H](C(=O)NCC(=O)N[C@@H](C)C(=O)N[C@@H](CCCN=C(N)N)C(=O)N[C@@H](CCCCN)C(=O)N[C@@H](CO)C(=O)N[C@@H](C)C(=O)N[C@@H](CCCN=C(N)N)C(=O)N[C@@H](CCCCN)C(N)=O)[C@@H](C)O. The molecule has 0 aliphatic carbocycles. The Kier molecular flexibility index (Phi) is 40.9. The first-order valence-electron chi connectivity index (χ1n) is 31.3. The number of amides is 12. The second-order valence-electron chi connectivity index (χ2n) is 22.9. The van der Waals surface area contributed by atoms with Gasteiger partial charge in [0, 0.05) is 32.1 Å². The molecular formula is C58H104N22O14. The molecule has 1 aromatic rings. The van der Waals surface area contributed by atoms with Crippen LogP contribution in [-0.2, 0) is 64.0 Å². The molecule has 0 fully saturated rings. The Bertz CT molecular complexity index is 2650. The molecule has 530 valence electrons. The molecular weight excluding hydrogens is 1230 g/mol. The Balaban J connectivity index is 3.20. The summed E-state index contributed by atoms with van der Waals surface area (Å²) in [6, 6.07) is -4.42. The average Bonchev–Trinajstić information content (AvgIpc) is 1.07. The summed E-state index contributed by atoms with van der Waals surface area (Å²) in [6.45, 7) is 6.27. The van der Waals surface area contributed by atoms with Crippen molar-refractivity contribution >= 4 is 82.8 Å². The van der Waals surface area contributed by atoms with Crippen LogP contribution in [0.1, 0.15) is 111 Å². The Morgan fingerprint density at radius 3 is 1.38 bits per heavy atom. The second kappa shape index (κ2) is 46.3. The largest absolute Gasteiger partial charge is 0.394 e. The summed E-state index contributed by atoms with van der Waals surface area (Å²) in [5.74, 6) is -10.6. The van der Waals surface area contributed by atoms with Gasteiger partial charge in [0.15, 0.2) is 11.9 Å². The minimum atomic E-state index is -1.72. The second-order valence-corrected chi connectivity index (χ2v) is 22.9. The van der Waals surface area contributed by atoms with E-state index in [1.165, 1.54) is 20.8 Å². The number of carbonyl (C=O) groups is 12. The minimum absolute atomic E-state index is 0.0137. The standard InChI is InChI=1S/C58H104N22O14/c1-32(2)25-37(61)27-67-28-44(83)70-29-46(85)74-42(26-36-15-7-6-8-16-36)54(92)80-47(35(5)82)56(94)71-30-45(84)72-33(3)49(87)76-41(20-14-24-69-58(65)66)52(90)78-39(18-10-12-22-60)53(91)79-43(31-81)55(93)73-34(4)50(88)77-40(19-13-23-68-57(63)64)51(89)75-38(48(62)86)17-9-11-21-59/h6-8,15-16,32-35,37-43,47,67,81-82H,9-14,17-31,59-61H2,1-5H3,(H2,62,86)(H,70,83)(H,71,94)(H,72,84)(H,73,93)(H,74,85)(H,75,89)(H,76,87)(H,77,88)(H,78,90)(H,79,91)(H,80,92)(H4,63,64,68)(H4,65,66,69)/t33-,34-,35+,37-,38-,39-,40-,41-,42-,43-,47-/m0/s1. The van der Waals surface area contributed by atoms with Crippen LogP contribution in [0.3, 0.4) is 0 Å². The van der Waals surface area contributed by atoms with E-state index in [0.29, 0.717) is 43.8 Å². The van der Waals surface area contributed by atoms with Crippen LogP contribution in [0.2, 0.25) is 0 Å². The lowest BCUT2D eigenvalue weighted by molar-refractivity contribution is -0.136. The van der Waals surface area contributed by atoms with E-state index < -0.39 is 151 Å². The van der Waals surface area contributed by atoms with Crippen LogP contribution in [0, 0.1) is 5.92 Å². The third-order valence-corrected chi connectivity index (χ3v) is 14.0. The van der Waals surface area contributed by atoms with E-state index in [9.17, 15) is 67.7 Å². The Hall–Kier alpha value is -8.84. The molecule has 0 aromatic heterocycles. The van der Waals surface area contributed by atoms with Gasteiger partial charge in [0.2, 0.25) is 70.9 Å². The number of benzene rings is 1. The van der Waals surface area contributed by atoms with E-state index in [-0.39, 0.29) is 95.5 Å². The van der Waals surface area contributed by atoms with E-state index >= 15 is 0 Å². The van der Waals surface area contributed by atoms with Gasteiger partial charge in [-0.05, 0) is 116 Å². The molecule has 0 unspecified atom stereocenters. The number of hydrogen-bond acceptors (Lipinski definition) is 20. The third kappa shape index (κ3) is 35.8. The quantitative estimate of drug-likeness (QED) is 0.0164. The number of rotatable bonds is 48. The normalized spacial score (nSPS) is 14.5. The zero-order chi connectivity index (χ0) is 70.9. The lowest BCUT2D eigenvalue weighted by atomic mass is 10.0. The molecule has 0 radical (unpaired) electrons. The topological polar surface area (TPSA) is 623 Å². The van der Waals surface area contributed by atoms with Crippen LogP contribution in [0.5, 0.6) is 0 Å². The number of nitrogens with zero attached hydrogens (tertiary/aromatic N) is 2. The highest BCUT2D eigenvalue weighted by molar-refractivity contribution is 5.98. The van der Waals surface area contributed by atoms with Crippen molar-refractivity contribution in [3.63, 3.8) is 0 Å². The fourth-order valence-corrected chi connectivity index (χ4v) is 8.97. The molecule has 1 rings (SSSR count). The summed E-state index contributed by atoms with van der Waals surface area (Å²) >= 11 is 0. The minimum Gasteiger partial charge on any atom is -0.394 e. The summed E-state index contributed by atoms with van der Waals surface area (Å²) in [6.07, 6.45) is 0.942. The number of unbranched alkanes of at least 4 members (excludes halogenated alkanes) is 2. The predicted octanol–water partition coefficient (Wildman–Crippen LogP) is -8.95. The van der Waals surface area contributed by atoms with Crippen molar-refractivity contribution < 1.29 is 67.7 Å². The van der Waals surface area contributed by atoms with Crippen LogP contribution in [-0.4, -0.2) is 219 Å². The smallest absolute Gasteiger partial charge is 0.245 e. The highest BCUT2D eigenvalue weighted by Gasteiger charge is 2.34.